The zero-order valence-corrected chi connectivity index (χ0v) is 14.2. The van der Waals surface area contributed by atoms with Crippen molar-refractivity contribution in [2.24, 2.45) is 0 Å². The molecule has 1 N–H and O–H groups in total. The average molecular weight is 365 g/mol. The molecule has 27 heavy (non-hydrogen) atoms. The van der Waals surface area contributed by atoms with Crippen molar-refractivity contribution >= 4 is 11.6 Å². The van der Waals surface area contributed by atoms with Crippen LogP contribution in [-0.4, -0.2) is 10.9 Å². The lowest BCUT2D eigenvalue weighted by atomic mass is 10.1. The van der Waals surface area contributed by atoms with E-state index in [0.717, 1.165) is 12.1 Å². The van der Waals surface area contributed by atoms with Crippen molar-refractivity contribution in [3.8, 4) is 17.7 Å². The molecule has 0 fully saturated rings. The fraction of sp³-hybridized carbons (Fsp3) is 0.0500. The summed E-state index contributed by atoms with van der Waals surface area (Å²) in [6, 6.07) is 12.8. The van der Waals surface area contributed by atoms with Gasteiger partial charge in [0.05, 0.1) is 5.56 Å². The third-order valence-electron chi connectivity index (χ3n) is 3.73. The average Bonchev–Trinajstić information content (AvgIpc) is 2.64. The SMILES string of the molecule is Cc1cc(Oc2ncccc2C#N)ccc1NC(=O)c1ccc(F)cc1F. The number of amides is 1. The highest BCUT2D eigenvalue weighted by atomic mass is 19.1. The first kappa shape index (κ1) is 18.0. The number of rotatable bonds is 4. The van der Waals surface area contributed by atoms with E-state index in [1.54, 1.807) is 37.3 Å². The van der Waals surface area contributed by atoms with Gasteiger partial charge in [0.25, 0.3) is 5.91 Å². The Balaban J connectivity index is 1.79. The van der Waals surface area contributed by atoms with Crippen LogP contribution in [0, 0.1) is 29.9 Å². The van der Waals surface area contributed by atoms with Crippen molar-refractivity contribution in [3.63, 3.8) is 0 Å². The van der Waals surface area contributed by atoms with Crippen LogP contribution in [0.4, 0.5) is 14.5 Å². The Labute approximate surface area is 153 Å². The van der Waals surface area contributed by atoms with Crippen LogP contribution in [0.2, 0.25) is 0 Å². The summed E-state index contributed by atoms with van der Waals surface area (Å²) in [4.78, 5) is 16.2. The number of nitrogens with zero attached hydrogens (tertiary/aromatic N) is 2. The second-order valence-corrected chi connectivity index (χ2v) is 5.63. The lowest BCUT2D eigenvalue weighted by molar-refractivity contribution is 0.102. The van der Waals surface area contributed by atoms with Gasteiger partial charge in [0, 0.05) is 18.0 Å². The Bertz CT molecular complexity index is 1060. The zero-order chi connectivity index (χ0) is 19.4. The molecule has 0 spiro atoms. The molecule has 1 heterocycles. The summed E-state index contributed by atoms with van der Waals surface area (Å²) in [5.41, 5.74) is 1.12. The fourth-order valence-corrected chi connectivity index (χ4v) is 2.37. The predicted octanol–water partition coefficient (Wildman–Crippen LogP) is 4.58. The minimum absolute atomic E-state index is 0.171. The van der Waals surface area contributed by atoms with Gasteiger partial charge in [-0.15, -0.1) is 0 Å². The molecule has 0 saturated heterocycles. The van der Waals surface area contributed by atoms with E-state index in [4.69, 9.17) is 10.00 Å². The maximum Gasteiger partial charge on any atom is 0.258 e. The van der Waals surface area contributed by atoms with E-state index in [-0.39, 0.29) is 11.4 Å². The molecular weight excluding hydrogens is 352 g/mol. The fourth-order valence-electron chi connectivity index (χ4n) is 2.37. The second kappa shape index (κ2) is 7.62. The van der Waals surface area contributed by atoms with E-state index in [9.17, 15) is 13.6 Å². The number of nitriles is 1. The smallest absolute Gasteiger partial charge is 0.258 e. The number of halogens is 2. The number of hydrogen-bond donors (Lipinski definition) is 1. The van der Waals surface area contributed by atoms with Crippen molar-refractivity contribution in [3.05, 3.63) is 83.1 Å². The highest BCUT2D eigenvalue weighted by Crippen LogP contribution is 2.27. The minimum Gasteiger partial charge on any atom is -0.438 e. The molecule has 7 heteroatoms. The maximum atomic E-state index is 13.7. The van der Waals surface area contributed by atoms with E-state index >= 15 is 0 Å². The van der Waals surface area contributed by atoms with Gasteiger partial charge in [-0.25, -0.2) is 13.8 Å². The van der Waals surface area contributed by atoms with Crippen LogP contribution in [0.15, 0.2) is 54.7 Å². The molecule has 1 amide bonds. The van der Waals surface area contributed by atoms with Gasteiger partial charge in [0.15, 0.2) is 0 Å². The number of anilines is 1. The van der Waals surface area contributed by atoms with Gasteiger partial charge in [-0.3, -0.25) is 4.79 Å². The van der Waals surface area contributed by atoms with Gasteiger partial charge in [-0.05, 0) is 55.0 Å². The Morgan fingerprint density at radius 3 is 2.70 bits per heavy atom. The molecule has 1 aromatic heterocycles. The van der Waals surface area contributed by atoms with E-state index in [1.165, 1.54) is 6.20 Å². The van der Waals surface area contributed by atoms with Crippen LogP contribution in [0.1, 0.15) is 21.5 Å². The predicted molar refractivity (Wildman–Crippen MR) is 94.5 cm³/mol. The van der Waals surface area contributed by atoms with E-state index in [0.29, 0.717) is 28.6 Å². The molecule has 0 aliphatic heterocycles. The monoisotopic (exact) mass is 365 g/mol. The van der Waals surface area contributed by atoms with Crippen LogP contribution >= 0.6 is 0 Å². The van der Waals surface area contributed by atoms with Crippen molar-refractivity contribution in [2.75, 3.05) is 5.32 Å². The van der Waals surface area contributed by atoms with Crippen LogP contribution < -0.4 is 10.1 Å². The molecule has 5 nitrogen and oxygen atoms in total. The summed E-state index contributed by atoms with van der Waals surface area (Å²) >= 11 is 0. The molecule has 0 aliphatic rings. The van der Waals surface area contributed by atoms with Gasteiger partial charge in [-0.1, -0.05) is 0 Å². The summed E-state index contributed by atoms with van der Waals surface area (Å²) in [6.45, 7) is 1.73. The molecule has 0 radical (unpaired) electrons. The van der Waals surface area contributed by atoms with Crippen LogP contribution in [-0.2, 0) is 0 Å². The molecule has 0 aliphatic carbocycles. The third kappa shape index (κ3) is 4.07. The molecule has 3 rings (SSSR count). The number of aryl methyl sites for hydroxylation is 1. The summed E-state index contributed by atoms with van der Waals surface area (Å²) < 4.78 is 32.3. The topological polar surface area (TPSA) is 75.0 Å². The highest BCUT2D eigenvalue weighted by Gasteiger charge is 2.14. The normalized spacial score (nSPS) is 10.1. The van der Waals surface area contributed by atoms with Gasteiger partial charge < -0.3 is 10.1 Å². The second-order valence-electron chi connectivity index (χ2n) is 5.63. The van der Waals surface area contributed by atoms with Crippen LogP contribution in [0.3, 0.4) is 0 Å². The molecule has 0 bridgehead atoms. The maximum absolute atomic E-state index is 13.7. The molecule has 0 saturated carbocycles. The van der Waals surface area contributed by atoms with E-state index in [1.807, 2.05) is 6.07 Å². The van der Waals surface area contributed by atoms with Crippen molar-refractivity contribution in [2.45, 2.75) is 6.92 Å². The number of pyridine rings is 1. The number of ether oxygens (including phenoxy) is 1. The van der Waals surface area contributed by atoms with Crippen LogP contribution in [0.25, 0.3) is 0 Å². The Hall–Kier alpha value is -3.79. The van der Waals surface area contributed by atoms with Crippen molar-refractivity contribution in [1.29, 1.82) is 5.26 Å². The number of nitrogens with one attached hydrogen (secondary N) is 1. The molecular formula is C20H13F2N3O2. The van der Waals surface area contributed by atoms with E-state index < -0.39 is 17.5 Å². The largest absolute Gasteiger partial charge is 0.438 e. The molecule has 2 aromatic carbocycles. The Morgan fingerprint density at radius 2 is 2.00 bits per heavy atom. The first-order valence-corrected chi connectivity index (χ1v) is 7.88. The van der Waals surface area contributed by atoms with Crippen molar-refractivity contribution < 1.29 is 18.3 Å². The lowest BCUT2D eigenvalue weighted by Crippen LogP contribution is -2.14. The van der Waals surface area contributed by atoms with E-state index in [2.05, 4.69) is 10.3 Å². The van der Waals surface area contributed by atoms with Gasteiger partial charge in [0.1, 0.15) is 29.0 Å². The van der Waals surface area contributed by atoms with Gasteiger partial charge in [-0.2, -0.15) is 5.26 Å². The molecule has 134 valence electrons. The summed E-state index contributed by atoms with van der Waals surface area (Å²) in [7, 11) is 0. The highest BCUT2D eigenvalue weighted by molar-refractivity contribution is 6.04. The Morgan fingerprint density at radius 1 is 1.19 bits per heavy atom. The summed E-state index contributed by atoms with van der Waals surface area (Å²) in [6.07, 6.45) is 1.51. The number of hydrogen-bond acceptors (Lipinski definition) is 4. The number of carbonyl (C=O) groups is 1. The quantitative estimate of drug-likeness (QED) is 0.734. The molecule has 0 atom stereocenters. The first-order valence-electron chi connectivity index (χ1n) is 7.88. The first-order chi connectivity index (χ1) is 13.0. The summed E-state index contributed by atoms with van der Waals surface area (Å²) in [5.74, 6) is -1.80. The molecule has 0 unspecified atom stereocenters. The zero-order valence-electron chi connectivity index (χ0n) is 14.2. The lowest BCUT2D eigenvalue weighted by Gasteiger charge is -2.11. The Kier molecular flexibility index (Phi) is 5.08. The molecule has 3 aromatic rings. The number of benzene rings is 2. The van der Waals surface area contributed by atoms with Gasteiger partial charge >= 0.3 is 0 Å². The third-order valence-corrected chi connectivity index (χ3v) is 3.73. The van der Waals surface area contributed by atoms with Gasteiger partial charge in [0.2, 0.25) is 5.88 Å². The van der Waals surface area contributed by atoms with Crippen LogP contribution in [0.5, 0.6) is 11.6 Å². The number of aromatic nitrogens is 1. The summed E-state index contributed by atoms with van der Waals surface area (Å²) in [5, 5.41) is 11.6. The van der Waals surface area contributed by atoms with Crippen molar-refractivity contribution in [1.82, 2.24) is 4.98 Å². The number of carbonyl (C=O) groups excluding carboxylic acids is 1. The minimum atomic E-state index is -0.940. The standard InChI is InChI=1S/C20H13F2N3O2/c1-12-9-15(27-20-13(11-23)3-2-8-24-20)5-7-18(12)25-19(26)16-6-4-14(21)10-17(16)22/h2-10H,1H3,(H,25,26).